The van der Waals surface area contributed by atoms with Crippen LogP contribution in [-0.2, 0) is 38.2 Å². The molecule has 0 aliphatic rings. The van der Waals surface area contributed by atoms with Crippen LogP contribution in [0.25, 0.3) is 22.8 Å². The highest BCUT2D eigenvalue weighted by molar-refractivity contribution is 6.37. The Morgan fingerprint density at radius 2 is 1.02 bits per heavy atom. The molecular weight excluding hydrogens is 652 g/mol. The van der Waals surface area contributed by atoms with Gasteiger partial charge in [-0.1, -0.05) is 109 Å². The van der Waals surface area contributed by atoms with Gasteiger partial charge in [-0.3, -0.25) is 9.59 Å². The molecule has 10 heteroatoms. The molecule has 0 heterocycles. The van der Waals surface area contributed by atoms with Crippen molar-refractivity contribution in [3.63, 3.8) is 0 Å². The largest absolute Gasteiger partial charge is 0.481 e. The van der Waals surface area contributed by atoms with E-state index < -0.39 is 41.7 Å². The second-order valence-corrected chi connectivity index (χ2v) is 11.1. The van der Waals surface area contributed by atoms with Gasteiger partial charge in [0.25, 0.3) is 0 Å². The number of hydrogen-bond donors (Lipinski definition) is 2. The van der Waals surface area contributed by atoms with Crippen molar-refractivity contribution in [1.82, 2.24) is 0 Å². The predicted octanol–water partition coefficient (Wildman–Crippen LogP) is 7.11. The normalized spacial score (nSPS) is 12.5. The van der Waals surface area contributed by atoms with Gasteiger partial charge in [-0.05, 0) is 60.2 Å². The number of carbonyl (C=O) groups is 5. The molecule has 264 valence electrons. The summed E-state index contributed by atoms with van der Waals surface area (Å²) >= 11 is 0. The van der Waals surface area contributed by atoms with Crippen LogP contribution in [0.4, 0.5) is 0 Å². The van der Waals surface area contributed by atoms with Crippen molar-refractivity contribution in [2.75, 3.05) is 20.8 Å². The van der Waals surface area contributed by atoms with Gasteiger partial charge in [0.15, 0.2) is 0 Å². The Morgan fingerprint density at radius 3 is 1.51 bits per heavy atom. The molecule has 51 heavy (non-hydrogen) atoms. The van der Waals surface area contributed by atoms with Gasteiger partial charge in [0.05, 0.1) is 49.4 Å². The van der Waals surface area contributed by atoms with Gasteiger partial charge >= 0.3 is 29.8 Å². The van der Waals surface area contributed by atoms with Gasteiger partial charge in [-0.25, -0.2) is 14.4 Å². The molecule has 0 aromatic heterocycles. The van der Waals surface area contributed by atoms with Gasteiger partial charge in [-0.15, -0.1) is 0 Å². The quantitative estimate of drug-likeness (QED) is 0.0680. The molecule has 0 fully saturated rings. The number of carbonyl (C=O) groups excluding carboxylic acids is 3. The Morgan fingerprint density at radius 1 is 0.588 bits per heavy atom. The standard InChI is InChI=1S/C21H20O6.C20H20O4/c1-13(19(22)23)15-11-7-8-12-16(15)18(21(25)27-3)17(20(24)26-2)14-9-5-4-6-10-14;1-3-24-20(23)18(13-15-9-5-4-6-10-15)17-12-8-7-11-16(17)14(2)19(21)22/h4-13H,1-3H3,(H,22,23);4-14H,3H2,1-2H3,(H,21,22). The minimum absolute atomic E-state index is 0.00925. The van der Waals surface area contributed by atoms with E-state index in [1.165, 1.54) is 21.1 Å². The Balaban J connectivity index is 0.000000277. The maximum atomic E-state index is 12.7. The lowest BCUT2D eigenvalue weighted by Gasteiger charge is -2.18. The summed E-state index contributed by atoms with van der Waals surface area (Å²) in [6, 6.07) is 31.5. The molecule has 2 N–H and O–H groups in total. The number of esters is 3. The van der Waals surface area contributed by atoms with Crippen molar-refractivity contribution in [3.8, 4) is 0 Å². The van der Waals surface area contributed by atoms with Crippen LogP contribution in [0.3, 0.4) is 0 Å². The summed E-state index contributed by atoms with van der Waals surface area (Å²) in [5.41, 5.74) is 3.49. The summed E-state index contributed by atoms with van der Waals surface area (Å²) in [7, 11) is 2.41. The van der Waals surface area contributed by atoms with Gasteiger partial charge in [0.1, 0.15) is 0 Å². The van der Waals surface area contributed by atoms with Crippen LogP contribution in [0.2, 0.25) is 0 Å². The zero-order valence-corrected chi connectivity index (χ0v) is 29.0. The van der Waals surface area contributed by atoms with Crippen molar-refractivity contribution >= 4 is 52.6 Å². The van der Waals surface area contributed by atoms with Gasteiger partial charge in [-0.2, -0.15) is 0 Å². The van der Waals surface area contributed by atoms with Crippen LogP contribution in [0.15, 0.2) is 109 Å². The van der Waals surface area contributed by atoms with E-state index in [2.05, 4.69) is 0 Å². The van der Waals surface area contributed by atoms with Crippen molar-refractivity contribution in [1.29, 1.82) is 0 Å². The van der Waals surface area contributed by atoms with Crippen molar-refractivity contribution in [3.05, 3.63) is 143 Å². The van der Waals surface area contributed by atoms with Gasteiger partial charge in [0, 0.05) is 0 Å². The Bertz CT molecular complexity index is 1910. The lowest BCUT2D eigenvalue weighted by atomic mass is 9.87. The summed E-state index contributed by atoms with van der Waals surface area (Å²) in [6.07, 6.45) is 1.73. The van der Waals surface area contributed by atoms with Crippen molar-refractivity contribution in [2.24, 2.45) is 0 Å². The Hall–Kier alpha value is -6.29. The topological polar surface area (TPSA) is 154 Å². The molecule has 0 saturated heterocycles. The maximum Gasteiger partial charge on any atom is 0.339 e. The number of aliphatic carboxylic acids is 2. The number of hydrogen-bond acceptors (Lipinski definition) is 8. The van der Waals surface area contributed by atoms with E-state index in [0.29, 0.717) is 33.4 Å². The fourth-order valence-corrected chi connectivity index (χ4v) is 5.18. The molecular formula is C41H40O10. The average molecular weight is 693 g/mol. The van der Waals surface area contributed by atoms with Crippen molar-refractivity contribution < 1.29 is 48.4 Å². The van der Waals surface area contributed by atoms with E-state index in [-0.39, 0.29) is 17.8 Å². The van der Waals surface area contributed by atoms with Gasteiger partial charge < -0.3 is 24.4 Å². The smallest absolute Gasteiger partial charge is 0.339 e. The first-order chi connectivity index (χ1) is 24.5. The van der Waals surface area contributed by atoms with Crippen LogP contribution >= 0.6 is 0 Å². The van der Waals surface area contributed by atoms with E-state index in [1.54, 1.807) is 98.8 Å². The van der Waals surface area contributed by atoms with E-state index in [4.69, 9.17) is 14.2 Å². The highest BCUT2D eigenvalue weighted by Crippen LogP contribution is 2.34. The summed E-state index contributed by atoms with van der Waals surface area (Å²) in [4.78, 5) is 60.6. The molecule has 2 atom stereocenters. The third kappa shape index (κ3) is 10.1. The number of carboxylic acid groups (broad SMARTS) is 2. The molecule has 0 amide bonds. The molecule has 4 aromatic carbocycles. The molecule has 0 saturated carbocycles. The lowest BCUT2D eigenvalue weighted by molar-refractivity contribution is -0.139. The molecule has 0 bridgehead atoms. The summed E-state index contributed by atoms with van der Waals surface area (Å²) < 4.78 is 15.0. The number of methoxy groups -OCH3 is 2. The molecule has 0 aliphatic heterocycles. The molecule has 0 spiro atoms. The SMILES string of the molecule is CCOC(=O)C(=Cc1ccccc1)c1ccccc1C(C)C(=O)O.COC(=O)C(=C(C(=O)OC)c1ccccc1C(C)C(=O)O)c1ccccc1. The summed E-state index contributed by atoms with van der Waals surface area (Å²) in [5, 5.41) is 18.8. The van der Waals surface area contributed by atoms with Crippen LogP contribution in [0.1, 0.15) is 66.0 Å². The number of carboxylic acids is 2. The summed E-state index contributed by atoms with van der Waals surface area (Å²) in [5.74, 6) is -5.56. The first-order valence-electron chi connectivity index (χ1n) is 16.0. The lowest BCUT2D eigenvalue weighted by Crippen LogP contribution is -2.16. The zero-order chi connectivity index (χ0) is 37.5. The fourth-order valence-electron chi connectivity index (χ4n) is 5.18. The molecule has 4 rings (SSSR count). The molecule has 10 nitrogen and oxygen atoms in total. The third-order valence-electron chi connectivity index (χ3n) is 7.85. The Kier molecular flexibility index (Phi) is 14.6. The fraction of sp³-hybridized carbons (Fsp3) is 0.195. The molecule has 0 aliphatic carbocycles. The second-order valence-electron chi connectivity index (χ2n) is 11.1. The second kappa shape index (κ2) is 19.0. The van der Waals surface area contributed by atoms with E-state index >= 15 is 0 Å². The van der Waals surface area contributed by atoms with Crippen LogP contribution in [0, 0.1) is 0 Å². The molecule has 0 radical (unpaired) electrons. The van der Waals surface area contributed by atoms with Crippen molar-refractivity contribution in [2.45, 2.75) is 32.6 Å². The molecule has 2 unspecified atom stereocenters. The highest BCUT2D eigenvalue weighted by Gasteiger charge is 2.29. The van der Waals surface area contributed by atoms with E-state index in [9.17, 15) is 34.2 Å². The molecule has 4 aromatic rings. The zero-order valence-electron chi connectivity index (χ0n) is 29.0. The van der Waals surface area contributed by atoms with Crippen LogP contribution in [-0.4, -0.2) is 60.9 Å². The number of rotatable bonds is 12. The number of ether oxygens (including phenoxy) is 3. The minimum atomic E-state index is -1.05. The monoisotopic (exact) mass is 692 g/mol. The van der Waals surface area contributed by atoms with E-state index in [1.807, 2.05) is 30.3 Å². The maximum absolute atomic E-state index is 12.7. The Labute approximate surface area is 296 Å². The third-order valence-corrected chi connectivity index (χ3v) is 7.85. The first kappa shape index (κ1) is 39.2. The number of benzene rings is 4. The van der Waals surface area contributed by atoms with Crippen LogP contribution in [0.5, 0.6) is 0 Å². The summed E-state index contributed by atoms with van der Waals surface area (Å²) in [6.45, 7) is 5.11. The van der Waals surface area contributed by atoms with E-state index in [0.717, 1.165) is 5.56 Å². The minimum Gasteiger partial charge on any atom is -0.481 e. The first-order valence-corrected chi connectivity index (χ1v) is 16.0. The van der Waals surface area contributed by atoms with Crippen LogP contribution < -0.4 is 0 Å². The van der Waals surface area contributed by atoms with Gasteiger partial charge in [0.2, 0.25) is 0 Å². The average Bonchev–Trinajstić information content (AvgIpc) is 3.15. The highest BCUT2D eigenvalue weighted by atomic mass is 16.5. The predicted molar refractivity (Wildman–Crippen MR) is 193 cm³/mol.